The van der Waals surface area contributed by atoms with E-state index in [2.05, 4.69) is 10.2 Å². The molecule has 1 aliphatic carbocycles. The molecule has 0 aromatic heterocycles. The molecule has 4 heteroatoms. The Labute approximate surface area is 121 Å². The summed E-state index contributed by atoms with van der Waals surface area (Å²) in [6, 6.07) is 0.895. The van der Waals surface area contributed by atoms with Crippen molar-refractivity contribution in [2.45, 2.75) is 75.9 Å². The Hall–Kier alpha value is -0.610. The number of carbonyl (C=O) groups is 1. The Morgan fingerprint density at radius 1 is 1.15 bits per heavy atom. The predicted molar refractivity (Wildman–Crippen MR) is 78.3 cm³/mol. The fourth-order valence-electron chi connectivity index (χ4n) is 4.45. The van der Waals surface area contributed by atoms with Gasteiger partial charge in [0.25, 0.3) is 0 Å². The van der Waals surface area contributed by atoms with Gasteiger partial charge in [0.05, 0.1) is 6.04 Å². The van der Waals surface area contributed by atoms with Gasteiger partial charge in [-0.15, -0.1) is 0 Å². The van der Waals surface area contributed by atoms with Crippen LogP contribution in [-0.2, 0) is 4.79 Å². The first-order chi connectivity index (χ1) is 9.79. The quantitative estimate of drug-likeness (QED) is 0.827. The summed E-state index contributed by atoms with van der Waals surface area (Å²) in [7, 11) is 0. The molecule has 0 spiro atoms. The summed E-state index contributed by atoms with van der Waals surface area (Å²) in [6.07, 6.45) is 10.3. The summed E-state index contributed by atoms with van der Waals surface area (Å²) >= 11 is 0. The lowest BCUT2D eigenvalue weighted by Gasteiger charge is -2.37. The van der Waals surface area contributed by atoms with Crippen molar-refractivity contribution in [3.8, 4) is 0 Å². The zero-order valence-corrected chi connectivity index (χ0v) is 12.4. The van der Waals surface area contributed by atoms with Gasteiger partial charge in [-0.2, -0.15) is 0 Å². The molecule has 20 heavy (non-hydrogen) atoms. The molecule has 2 N–H and O–H groups in total. The lowest BCUT2D eigenvalue weighted by Crippen LogP contribution is -2.51. The van der Waals surface area contributed by atoms with Gasteiger partial charge >= 0.3 is 0 Å². The molecule has 2 aliphatic heterocycles. The molecule has 0 radical (unpaired) electrons. The SMILES string of the molecule is O=C(C1CC2CCCCC2N1)N1CCCCC1CCO. The highest BCUT2D eigenvalue weighted by molar-refractivity contribution is 5.82. The van der Waals surface area contributed by atoms with Crippen LogP contribution in [-0.4, -0.2) is 47.2 Å². The normalized spacial score (nSPS) is 37.8. The minimum atomic E-state index is 0.0439. The standard InChI is InChI=1S/C16H28N2O2/c19-10-8-13-6-3-4-9-18(13)16(20)15-11-12-5-1-2-7-14(12)17-15/h12-15,17,19H,1-11H2. The van der Waals surface area contributed by atoms with Crippen molar-refractivity contribution in [1.29, 1.82) is 0 Å². The maximum Gasteiger partial charge on any atom is 0.239 e. The minimum absolute atomic E-state index is 0.0439. The van der Waals surface area contributed by atoms with Gasteiger partial charge in [-0.05, 0) is 50.9 Å². The van der Waals surface area contributed by atoms with Gasteiger partial charge in [0.2, 0.25) is 5.91 Å². The van der Waals surface area contributed by atoms with Crippen molar-refractivity contribution >= 4 is 5.91 Å². The molecule has 3 fully saturated rings. The second-order valence-electron chi connectivity index (χ2n) is 6.80. The van der Waals surface area contributed by atoms with E-state index in [0.717, 1.165) is 38.1 Å². The van der Waals surface area contributed by atoms with E-state index in [-0.39, 0.29) is 18.7 Å². The Balaban J connectivity index is 1.62. The fourth-order valence-corrected chi connectivity index (χ4v) is 4.45. The van der Waals surface area contributed by atoms with E-state index in [1.807, 2.05) is 0 Å². The molecule has 4 nitrogen and oxygen atoms in total. The number of nitrogens with one attached hydrogen (secondary N) is 1. The second-order valence-corrected chi connectivity index (χ2v) is 6.80. The summed E-state index contributed by atoms with van der Waals surface area (Å²) in [5.41, 5.74) is 0. The zero-order valence-electron chi connectivity index (χ0n) is 12.4. The molecule has 4 unspecified atom stereocenters. The van der Waals surface area contributed by atoms with Gasteiger partial charge in [0.15, 0.2) is 0 Å². The fraction of sp³-hybridized carbons (Fsp3) is 0.938. The third-order valence-corrected chi connectivity index (χ3v) is 5.53. The highest BCUT2D eigenvalue weighted by atomic mass is 16.3. The Bertz CT molecular complexity index is 331. The summed E-state index contributed by atoms with van der Waals surface area (Å²) in [6.45, 7) is 1.08. The molecule has 3 aliphatic rings. The van der Waals surface area contributed by atoms with Crippen molar-refractivity contribution in [3.05, 3.63) is 0 Å². The van der Waals surface area contributed by atoms with Crippen molar-refractivity contribution in [1.82, 2.24) is 10.2 Å². The van der Waals surface area contributed by atoms with Crippen LogP contribution >= 0.6 is 0 Å². The molecule has 3 rings (SSSR count). The number of piperidine rings is 1. The Kier molecular flexibility index (Phi) is 4.61. The van der Waals surface area contributed by atoms with Gasteiger partial charge in [-0.25, -0.2) is 0 Å². The van der Waals surface area contributed by atoms with Gasteiger partial charge < -0.3 is 15.3 Å². The number of nitrogens with zero attached hydrogens (tertiary/aromatic N) is 1. The summed E-state index contributed by atoms with van der Waals surface area (Å²) in [5.74, 6) is 1.02. The van der Waals surface area contributed by atoms with E-state index in [4.69, 9.17) is 0 Å². The van der Waals surface area contributed by atoms with Crippen LogP contribution in [0.15, 0.2) is 0 Å². The Morgan fingerprint density at radius 3 is 2.75 bits per heavy atom. The smallest absolute Gasteiger partial charge is 0.239 e. The third-order valence-electron chi connectivity index (χ3n) is 5.53. The molecule has 2 saturated heterocycles. The number of hydrogen-bond acceptors (Lipinski definition) is 3. The number of carbonyl (C=O) groups excluding carboxylic acids is 1. The van der Waals surface area contributed by atoms with Gasteiger partial charge in [0, 0.05) is 25.2 Å². The highest BCUT2D eigenvalue weighted by Gasteiger charge is 2.41. The molecule has 2 heterocycles. The van der Waals surface area contributed by atoms with Crippen molar-refractivity contribution in [3.63, 3.8) is 0 Å². The lowest BCUT2D eigenvalue weighted by molar-refractivity contribution is -0.137. The van der Waals surface area contributed by atoms with Gasteiger partial charge in [-0.3, -0.25) is 4.79 Å². The monoisotopic (exact) mass is 280 g/mol. The maximum atomic E-state index is 12.8. The minimum Gasteiger partial charge on any atom is -0.396 e. The molecule has 4 atom stereocenters. The number of aliphatic hydroxyl groups is 1. The molecular weight excluding hydrogens is 252 g/mol. The van der Waals surface area contributed by atoms with Crippen LogP contribution in [0.5, 0.6) is 0 Å². The van der Waals surface area contributed by atoms with Crippen LogP contribution in [0.2, 0.25) is 0 Å². The van der Waals surface area contributed by atoms with Crippen LogP contribution in [0.4, 0.5) is 0 Å². The number of fused-ring (bicyclic) bond motifs is 1. The number of rotatable bonds is 3. The van der Waals surface area contributed by atoms with E-state index >= 15 is 0 Å². The molecule has 0 aromatic carbocycles. The predicted octanol–water partition coefficient (Wildman–Crippen LogP) is 1.67. The molecule has 0 bridgehead atoms. The first-order valence-electron chi connectivity index (χ1n) is 8.47. The first kappa shape index (κ1) is 14.3. The van der Waals surface area contributed by atoms with Crippen molar-refractivity contribution < 1.29 is 9.90 Å². The highest BCUT2D eigenvalue weighted by Crippen LogP contribution is 2.34. The van der Waals surface area contributed by atoms with E-state index in [1.165, 1.54) is 32.1 Å². The summed E-state index contributed by atoms with van der Waals surface area (Å²) in [4.78, 5) is 14.9. The van der Waals surface area contributed by atoms with Crippen LogP contribution in [0.1, 0.15) is 57.8 Å². The van der Waals surface area contributed by atoms with Gasteiger partial charge in [-0.1, -0.05) is 12.8 Å². The van der Waals surface area contributed by atoms with Crippen LogP contribution in [0.25, 0.3) is 0 Å². The molecule has 1 amide bonds. The van der Waals surface area contributed by atoms with Crippen molar-refractivity contribution in [2.24, 2.45) is 5.92 Å². The van der Waals surface area contributed by atoms with Crippen LogP contribution < -0.4 is 5.32 Å². The van der Waals surface area contributed by atoms with Gasteiger partial charge in [0.1, 0.15) is 0 Å². The van der Waals surface area contributed by atoms with E-state index < -0.39 is 0 Å². The third kappa shape index (κ3) is 2.86. The average molecular weight is 280 g/mol. The molecule has 114 valence electrons. The zero-order chi connectivity index (χ0) is 13.9. The molecule has 0 aromatic rings. The number of amides is 1. The largest absolute Gasteiger partial charge is 0.396 e. The van der Waals surface area contributed by atoms with E-state index in [1.54, 1.807) is 0 Å². The topological polar surface area (TPSA) is 52.6 Å². The van der Waals surface area contributed by atoms with Crippen LogP contribution in [0, 0.1) is 5.92 Å². The first-order valence-corrected chi connectivity index (χ1v) is 8.47. The summed E-state index contributed by atoms with van der Waals surface area (Å²) < 4.78 is 0. The molecular formula is C16H28N2O2. The van der Waals surface area contributed by atoms with E-state index in [0.29, 0.717) is 11.9 Å². The average Bonchev–Trinajstić information content (AvgIpc) is 2.91. The number of hydrogen-bond donors (Lipinski definition) is 2. The lowest BCUT2D eigenvalue weighted by atomic mass is 9.85. The van der Waals surface area contributed by atoms with Crippen LogP contribution in [0.3, 0.4) is 0 Å². The second kappa shape index (κ2) is 6.44. The Morgan fingerprint density at radius 2 is 1.95 bits per heavy atom. The number of likely N-dealkylation sites (tertiary alicyclic amines) is 1. The molecule has 1 saturated carbocycles. The summed E-state index contributed by atoms with van der Waals surface area (Å²) in [5, 5.41) is 12.8. The van der Waals surface area contributed by atoms with Crippen molar-refractivity contribution in [2.75, 3.05) is 13.2 Å². The number of aliphatic hydroxyl groups excluding tert-OH is 1. The van der Waals surface area contributed by atoms with E-state index in [9.17, 15) is 9.90 Å². The maximum absolute atomic E-state index is 12.8.